The second-order valence-electron chi connectivity index (χ2n) is 5.94. The SMILES string of the molecule is CCc1cccc(CC)c1NC(=O)[C@@H](C)NS(=O)(=O)c1ccc(Br)cc1. The molecule has 0 aromatic heterocycles. The number of carbonyl (C=O) groups excluding carboxylic acids is 1. The van der Waals surface area contributed by atoms with E-state index in [4.69, 9.17) is 0 Å². The van der Waals surface area contributed by atoms with E-state index in [-0.39, 0.29) is 10.8 Å². The van der Waals surface area contributed by atoms with Gasteiger partial charge >= 0.3 is 0 Å². The number of para-hydroxylation sites is 1. The summed E-state index contributed by atoms with van der Waals surface area (Å²) >= 11 is 3.27. The van der Waals surface area contributed by atoms with Gasteiger partial charge in [-0.15, -0.1) is 0 Å². The number of halogens is 1. The predicted molar refractivity (Wildman–Crippen MR) is 108 cm³/mol. The lowest BCUT2D eigenvalue weighted by Gasteiger charge is -2.18. The Kier molecular flexibility index (Phi) is 6.97. The Balaban J connectivity index is 2.17. The maximum atomic E-state index is 12.6. The fourth-order valence-electron chi connectivity index (χ4n) is 2.60. The van der Waals surface area contributed by atoms with Crippen LogP contribution in [0.5, 0.6) is 0 Å². The largest absolute Gasteiger partial charge is 0.324 e. The molecule has 26 heavy (non-hydrogen) atoms. The molecule has 2 rings (SSSR count). The predicted octanol–water partition coefficient (Wildman–Crippen LogP) is 3.88. The summed E-state index contributed by atoms with van der Waals surface area (Å²) in [4.78, 5) is 12.7. The van der Waals surface area contributed by atoms with Crippen molar-refractivity contribution in [3.8, 4) is 0 Å². The van der Waals surface area contributed by atoms with Crippen molar-refractivity contribution in [2.75, 3.05) is 5.32 Å². The third-order valence-corrected chi connectivity index (χ3v) is 6.18. The monoisotopic (exact) mass is 438 g/mol. The Hall–Kier alpha value is -1.70. The minimum Gasteiger partial charge on any atom is -0.324 e. The Morgan fingerprint density at radius 1 is 1.04 bits per heavy atom. The highest BCUT2D eigenvalue weighted by Gasteiger charge is 2.23. The van der Waals surface area contributed by atoms with Crippen molar-refractivity contribution in [3.63, 3.8) is 0 Å². The van der Waals surface area contributed by atoms with Crippen LogP contribution in [0.4, 0.5) is 5.69 Å². The molecule has 0 fully saturated rings. The summed E-state index contributed by atoms with van der Waals surface area (Å²) in [6, 6.07) is 11.2. The molecule has 0 spiro atoms. The summed E-state index contributed by atoms with van der Waals surface area (Å²) < 4.78 is 28.1. The highest BCUT2D eigenvalue weighted by atomic mass is 79.9. The molecule has 0 unspecified atom stereocenters. The maximum absolute atomic E-state index is 12.6. The van der Waals surface area contributed by atoms with Crippen LogP contribution in [0.15, 0.2) is 51.8 Å². The zero-order valence-electron chi connectivity index (χ0n) is 15.0. The molecule has 140 valence electrons. The number of sulfonamides is 1. The second kappa shape index (κ2) is 8.79. The number of hydrogen-bond acceptors (Lipinski definition) is 3. The third-order valence-electron chi connectivity index (χ3n) is 4.10. The third kappa shape index (κ3) is 4.93. The van der Waals surface area contributed by atoms with Gasteiger partial charge in [-0.2, -0.15) is 4.72 Å². The van der Waals surface area contributed by atoms with Crippen LogP contribution in [0.1, 0.15) is 31.9 Å². The van der Waals surface area contributed by atoms with Gasteiger partial charge in [0.2, 0.25) is 15.9 Å². The van der Waals surface area contributed by atoms with Gasteiger partial charge in [0, 0.05) is 10.2 Å². The van der Waals surface area contributed by atoms with Crippen LogP contribution >= 0.6 is 15.9 Å². The number of hydrogen-bond donors (Lipinski definition) is 2. The quantitative estimate of drug-likeness (QED) is 0.688. The van der Waals surface area contributed by atoms with Crippen LogP contribution in [0, 0.1) is 0 Å². The molecule has 5 nitrogen and oxygen atoms in total. The molecule has 0 heterocycles. The number of anilines is 1. The average molecular weight is 439 g/mol. The molecular weight excluding hydrogens is 416 g/mol. The molecule has 0 saturated carbocycles. The van der Waals surface area contributed by atoms with Crippen molar-refractivity contribution in [2.45, 2.75) is 44.6 Å². The number of rotatable bonds is 7. The maximum Gasteiger partial charge on any atom is 0.242 e. The van der Waals surface area contributed by atoms with E-state index >= 15 is 0 Å². The molecule has 0 radical (unpaired) electrons. The van der Waals surface area contributed by atoms with Crippen LogP contribution in [0.2, 0.25) is 0 Å². The number of carbonyl (C=O) groups is 1. The Bertz CT molecular complexity index is 858. The summed E-state index contributed by atoms with van der Waals surface area (Å²) in [6.45, 7) is 5.57. The van der Waals surface area contributed by atoms with E-state index in [1.54, 1.807) is 12.1 Å². The first-order valence-electron chi connectivity index (χ1n) is 8.48. The minimum absolute atomic E-state index is 0.114. The number of nitrogens with one attached hydrogen (secondary N) is 2. The Morgan fingerprint density at radius 3 is 2.08 bits per heavy atom. The molecule has 7 heteroatoms. The van der Waals surface area contributed by atoms with Gasteiger partial charge in [-0.05, 0) is 55.2 Å². The van der Waals surface area contributed by atoms with Crippen molar-refractivity contribution in [2.24, 2.45) is 0 Å². The van der Waals surface area contributed by atoms with E-state index < -0.39 is 16.1 Å². The van der Waals surface area contributed by atoms with Gasteiger partial charge in [0.1, 0.15) is 0 Å². The van der Waals surface area contributed by atoms with E-state index in [9.17, 15) is 13.2 Å². The zero-order valence-corrected chi connectivity index (χ0v) is 17.4. The Labute approximate surface area is 163 Å². The summed E-state index contributed by atoms with van der Waals surface area (Å²) in [5.41, 5.74) is 2.83. The molecule has 0 aliphatic heterocycles. The van der Waals surface area contributed by atoms with Gasteiger partial charge in [0.15, 0.2) is 0 Å². The molecule has 1 atom stereocenters. The Morgan fingerprint density at radius 2 is 1.58 bits per heavy atom. The molecular formula is C19H23BrN2O3S. The molecule has 0 aliphatic rings. The summed E-state index contributed by atoms with van der Waals surface area (Å²) in [7, 11) is -3.78. The van der Waals surface area contributed by atoms with Gasteiger partial charge in [-0.1, -0.05) is 48.0 Å². The summed E-state index contributed by atoms with van der Waals surface area (Å²) in [5.74, 6) is -0.388. The highest BCUT2D eigenvalue weighted by Crippen LogP contribution is 2.23. The van der Waals surface area contributed by atoms with E-state index in [0.29, 0.717) is 0 Å². The van der Waals surface area contributed by atoms with Crippen LogP contribution in [0.25, 0.3) is 0 Å². The smallest absolute Gasteiger partial charge is 0.242 e. The van der Waals surface area contributed by atoms with Crippen LogP contribution in [0.3, 0.4) is 0 Å². The lowest BCUT2D eigenvalue weighted by molar-refractivity contribution is -0.117. The average Bonchev–Trinajstić information content (AvgIpc) is 2.61. The fourth-order valence-corrected chi connectivity index (χ4v) is 4.07. The zero-order chi connectivity index (χ0) is 19.3. The number of amides is 1. The van der Waals surface area contributed by atoms with Crippen LogP contribution < -0.4 is 10.0 Å². The lowest BCUT2D eigenvalue weighted by atomic mass is 10.0. The van der Waals surface area contributed by atoms with Crippen molar-refractivity contribution < 1.29 is 13.2 Å². The molecule has 2 N–H and O–H groups in total. The summed E-state index contributed by atoms with van der Waals surface area (Å²) in [5, 5.41) is 2.89. The topological polar surface area (TPSA) is 75.3 Å². The normalized spacial score (nSPS) is 12.6. The van der Waals surface area contributed by atoms with Gasteiger partial charge in [0.25, 0.3) is 0 Å². The van der Waals surface area contributed by atoms with E-state index in [1.807, 2.05) is 32.0 Å². The first kappa shape index (κ1) is 20.6. The van der Waals surface area contributed by atoms with Gasteiger partial charge in [-0.3, -0.25) is 4.79 Å². The minimum atomic E-state index is -3.78. The second-order valence-corrected chi connectivity index (χ2v) is 8.57. The molecule has 2 aromatic rings. The van der Waals surface area contributed by atoms with Crippen LogP contribution in [-0.4, -0.2) is 20.4 Å². The number of aryl methyl sites for hydroxylation is 2. The van der Waals surface area contributed by atoms with E-state index in [1.165, 1.54) is 19.1 Å². The molecule has 1 amide bonds. The first-order valence-corrected chi connectivity index (χ1v) is 10.8. The first-order chi connectivity index (χ1) is 12.3. The number of benzene rings is 2. The van der Waals surface area contributed by atoms with Gasteiger partial charge in [-0.25, -0.2) is 8.42 Å². The van der Waals surface area contributed by atoms with Crippen molar-refractivity contribution in [3.05, 3.63) is 58.1 Å². The van der Waals surface area contributed by atoms with Crippen LogP contribution in [-0.2, 0) is 27.7 Å². The molecule has 2 aromatic carbocycles. The van der Waals surface area contributed by atoms with Crippen molar-refractivity contribution in [1.29, 1.82) is 0 Å². The van der Waals surface area contributed by atoms with Crippen molar-refractivity contribution in [1.82, 2.24) is 4.72 Å². The standard InChI is InChI=1S/C19H23BrN2O3S/c1-4-14-7-6-8-15(5-2)18(14)21-19(23)13(3)22-26(24,25)17-11-9-16(20)10-12-17/h6-13,22H,4-5H2,1-3H3,(H,21,23)/t13-/m1/s1. The fraction of sp³-hybridized carbons (Fsp3) is 0.316. The van der Waals surface area contributed by atoms with Gasteiger partial charge < -0.3 is 5.32 Å². The van der Waals surface area contributed by atoms with E-state index in [2.05, 4.69) is 26.0 Å². The molecule has 0 bridgehead atoms. The lowest BCUT2D eigenvalue weighted by Crippen LogP contribution is -2.41. The molecule has 0 saturated heterocycles. The summed E-state index contributed by atoms with van der Waals surface area (Å²) in [6.07, 6.45) is 1.56. The van der Waals surface area contributed by atoms with E-state index in [0.717, 1.165) is 34.1 Å². The highest BCUT2D eigenvalue weighted by molar-refractivity contribution is 9.10. The molecule has 0 aliphatic carbocycles. The van der Waals surface area contributed by atoms with Gasteiger partial charge in [0.05, 0.1) is 10.9 Å². The van der Waals surface area contributed by atoms with Crippen molar-refractivity contribution >= 4 is 37.5 Å².